The molecule has 1 amide bonds. The zero-order valence-electron chi connectivity index (χ0n) is 7.85. The van der Waals surface area contributed by atoms with Crippen LogP contribution in [0, 0.1) is 0 Å². The highest BCUT2D eigenvalue weighted by Crippen LogP contribution is 1.88. The van der Waals surface area contributed by atoms with E-state index < -0.39 is 0 Å². The maximum absolute atomic E-state index is 10.9. The molecule has 0 saturated carbocycles. The minimum atomic E-state index is -0.147. The predicted molar refractivity (Wildman–Crippen MR) is 48.7 cm³/mol. The molecule has 70 valence electrons. The van der Waals surface area contributed by atoms with Crippen LogP contribution in [0.5, 0.6) is 0 Å². The first-order chi connectivity index (χ1) is 5.68. The number of nitrogens with one attached hydrogen (secondary N) is 1. The van der Waals surface area contributed by atoms with Gasteiger partial charge in [0.15, 0.2) is 0 Å². The Bertz CT molecular complexity index is 155. The number of unbranched alkanes of at least 4 members (excludes halogenated alkanes) is 1. The van der Waals surface area contributed by atoms with Crippen molar-refractivity contribution in [3.63, 3.8) is 0 Å². The maximum atomic E-state index is 10.9. The van der Waals surface area contributed by atoms with E-state index in [1.54, 1.807) is 6.92 Å². The topological polar surface area (TPSA) is 38.3 Å². The summed E-state index contributed by atoms with van der Waals surface area (Å²) in [6.07, 6.45) is 2.14. The van der Waals surface area contributed by atoms with Gasteiger partial charge in [0.2, 0.25) is 5.91 Å². The van der Waals surface area contributed by atoms with Gasteiger partial charge in [-0.3, -0.25) is 4.79 Å². The molecule has 0 heterocycles. The van der Waals surface area contributed by atoms with Gasteiger partial charge in [0.1, 0.15) is 6.73 Å². The highest BCUT2D eigenvalue weighted by molar-refractivity contribution is 5.91. The molecular weight excluding hydrogens is 154 g/mol. The van der Waals surface area contributed by atoms with E-state index in [1.807, 2.05) is 0 Å². The number of carbonyl (C=O) groups is 1. The number of carbonyl (C=O) groups excluding carboxylic acids is 1. The highest BCUT2D eigenvalue weighted by Gasteiger charge is 1.98. The summed E-state index contributed by atoms with van der Waals surface area (Å²) in [5.74, 6) is -0.147. The number of hydrogen-bond donors (Lipinski definition) is 1. The number of ether oxygens (including phenoxy) is 1. The van der Waals surface area contributed by atoms with Crippen LogP contribution in [0.1, 0.15) is 26.7 Å². The molecule has 0 bridgehead atoms. The summed E-state index contributed by atoms with van der Waals surface area (Å²) in [5.41, 5.74) is 0.508. The van der Waals surface area contributed by atoms with E-state index >= 15 is 0 Å². The Labute approximate surface area is 73.8 Å². The molecule has 0 unspecified atom stereocenters. The standard InChI is InChI=1S/C9H17NO2/c1-4-5-6-12-7-10-9(11)8(2)3/h2,4-7H2,1,3H3,(H,10,11). The minimum Gasteiger partial charge on any atom is -0.361 e. The Morgan fingerprint density at radius 3 is 2.75 bits per heavy atom. The van der Waals surface area contributed by atoms with Crippen molar-refractivity contribution in [1.82, 2.24) is 5.32 Å². The lowest BCUT2D eigenvalue weighted by Crippen LogP contribution is -2.26. The first-order valence-electron chi connectivity index (χ1n) is 4.20. The average Bonchev–Trinajstić information content (AvgIpc) is 2.03. The van der Waals surface area contributed by atoms with Crippen molar-refractivity contribution >= 4 is 5.91 Å². The van der Waals surface area contributed by atoms with Gasteiger partial charge < -0.3 is 10.1 Å². The molecule has 0 aliphatic rings. The first-order valence-corrected chi connectivity index (χ1v) is 4.20. The van der Waals surface area contributed by atoms with Gasteiger partial charge in [-0.25, -0.2) is 0 Å². The minimum absolute atomic E-state index is 0.147. The van der Waals surface area contributed by atoms with Gasteiger partial charge in [0.05, 0.1) is 0 Å². The second-order valence-corrected chi connectivity index (χ2v) is 2.69. The lowest BCUT2D eigenvalue weighted by Gasteiger charge is -2.04. The number of hydrogen-bond acceptors (Lipinski definition) is 2. The van der Waals surface area contributed by atoms with Crippen molar-refractivity contribution in [3.8, 4) is 0 Å². The second kappa shape index (κ2) is 6.85. The maximum Gasteiger partial charge on any atom is 0.248 e. The summed E-state index contributed by atoms with van der Waals surface area (Å²) >= 11 is 0. The Morgan fingerprint density at radius 2 is 2.25 bits per heavy atom. The third-order valence-corrected chi connectivity index (χ3v) is 1.36. The monoisotopic (exact) mass is 171 g/mol. The third kappa shape index (κ3) is 5.92. The van der Waals surface area contributed by atoms with E-state index in [9.17, 15) is 4.79 Å². The largest absolute Gasteiger partial charge is 0.361 e. The molecule has 0 aromatic carbocycles. The molecule has 0 radical (unpaired) electrons. The van der Waals surface area contributed by atoms with Crippen molar-refractivity contribution in [2.75, 3.05) is 13.3 Å². The molecule has 3 heteroatoms. The SMILES string of the molecule is C=C(C)C(=O)NCOCCCC. The molecule has 0 aromatic rings. The van der Waals surface area contributed by atoms with Gasteiger partial charge in [-0.05, 0) is 13.3 Å². The molecule has 0 rings (SSSR count). The normalized spacial score (nSPS) is 9.50. The van der Waals surface area contributed by atoms with E-state index in [-0.39, 0.29) is 12.6 Å². The van der Waals surface area contributed by atoms with E-state index in [1.165, 1.54) is 0 Å². The molecule has 0 aliphatic carbocycles. The second-order valence-electron chi connectivity index (χ2n) is 2.69. The van der Waals surface area contributed by atoms with Gasteiger partial charge >= 0.3 is 0 Å². The fraction of sp³-hybridized carbons (Fsp3) is 0.667. The van der Waals surface area contributed by atoms with E-state index in [0.717, 1.165) is 12.8 Å². The van der Waals surface area contributed by atoms with Crippen LogP contribution in [0.4, 0.5) is 0 Å². The van der Waals surface area contributed by atoms with Gasteiger partial charge in [0.25, 0.3) is 0 Å². The van der Waals surface area contributed by atoms with E-state index in [0.29, 0.717) is 12.2 Å². The summed E-state index contributed by atoms with van der Waals surface area (Å²) in [5, 5.41) is 2.58. The molecule has 1 N–H and O–H groups in total. The predicted octanol–water partition coefficient (Wildman–Crippen LogP) is 1.45. The highest BCUT2D eigenvalue weighted by atomic mass is 16.5. The Kier molecular flexibility index (Phi) is 6.38. The third-order valence-electron chi connectivity index (χ3n) is 1.36. The van der Waals surface area contributed by atoms with Crippen molar-refractivity contribution in [3.05, 3.63) is 12.2 Å². The summed E-state index contributed by atoms with van der Waals surface area (Å²) in [6.45, 7) is 8.25. The molecule has 12 heavy (non-hydrogen) atoms. The van der Waals surface area contributed by atoms with Crippen LogP contribution in [-0.4, -0.2) is 19.2 Å². The van der Waals surface area contributed by atoms with Crippen molar-refractivity contribution in [2.24, 2.45) is 0 Å². The van der Waals surface area contributed by atoms with Gasteiger partial charge in [-0.1, -0.05) is 19.9 Å². The Hall–Kier alpha value is -0.830. The molecule has 3 nitrogen and oxygen atoms in total. The van der Waals surface area contributed by atoms with Crippen LogP contribution < -0.4 is 5.32 Å². The van der Waals surface area contributed by atoms with Crippen molar-refractivity contribution in [2.45, 2.75) is 26.7 Å². The average molecular weight is 171 g/mol. The summed E-state index contributed by atoms with van der Waals surface area (Å²) < 4.78 is 5.12. The van der Waals surface area contributed by atoms with Crippen molar-refractivity contribution in [1.29, 1.82) is 0 Å². The molecule has 0 aromatic heterocycles. The molecular formula is C9H17NO2. The van der Waals surface area contributed by atoms with Crippen LogP contribution in [0.3, 0.4) is 0 Å². The molecule has 0 atom stereocenters. The summed E-state index contributed by atoms with van der Waals surface area (Å²) in [4.78, 5) is 10.9. The lowest BCUT2D eigenvalue weighted by atomic mass is 10.3. The fourth-order valence-corrected chi connectivity index (χ4v) is 0.586. The van der Waals surface area contributed by atoms with E-state index in [2.05, 4.69) is 18.8 Å². The van der Waals surface area contributed by atoms with Crippen LogP contribution in [0.15, 0.2) is 12.2 Å². The summed E-state index contributed by atoms with van der Waals surface area (Å²) in [6, 6.07) is 0. The van der Waals surface area contributed by atoms with Crippen molar-refractivity contribution < 1.29 is 9.53 Å². The smallest absolute Gasteiger partial charge is 0.248 e. The fourth-order valence-electron chi connectivity index (χ4n) is 0.586. The zero-order chi connectivity index (χ0) is 9.40. The molecule has 0 spiro atoms. The summed E-state index contributed by atoms with van der Waals surface area (Å²) in [7, 11) is 0. The van der Waals surface area contributed by atoms with Crippen LogP contribution in [0.2, 0.25) is 0 Å². The molecule has 0 aliphatic heterocycles. The number of rotatable bonds is 6. The lowest BCUT2D eigenvalue weighted by molar-refractivity contribution is -0.119. The Balaban J connectivity index is 3.20. The van der Waals surface area contributed by atoms with Crippen LogP contribution in [0.25, 0.3) is 0 Å². The van der Waals surface area contributed by atoms with E-state index in [4.69, 9.17) is 4.74 Å². The van der Waals surface area contributed by atoms with Crippen LogP contribution >= 0.6 is 0 Å². The first kappa shape index (κ1) is 11.2. The quantitative estimate of drug-likeness (QED) is 0.373. The van der Waals surface area contributed by atoms with Gasteiger partial charge in [0, 0.05) is 12.2 Å². The van der Waals surface area contributed by atoms with Gasteiger partial charge in [-0.15, -0.1) is 0 Å². The Morgan fingerprint density at radius 1 is 1.58 bits per heavy atom. The molecule has 0 fully saturated rings. The molecule has 0 saturated heterocycles. The number of amides is 1. The zero-order valence-corrected chi connectivity index (χ0v) is 7.85. The van der Waals surface area contributed by atoms with Crippen LogP contribution in [-0.2, 0) is 9.53 Å². The van der Waals surface area contributed by atoms with Gasteiger partial charge in [-0.2, -0.15) is 0 Å².